The third kappa shape index (κ3) is 4.19. The molecule has 3 atom stereocenters. The zero-order valence-corrected chi connectivity index (χ0v) is 17.7. The van der Waals surface area contributed by atoms with Gasteiger partial charge in [0.15, 0.2) is 5.78 Å². The topological polar surface area (TPSA) is 74.2 Å². The molecule has 160 valence electrons. The van der Waals surface area contributed by atoms with Crippen molar-refractivity contribution < 1.29 is 23.8 Å². The maximum Gasteiger partial charge on any atom is 0.315 e. The van der Waals surface area contributed by atoms with Gasteiger partial charge in [-0.15, -0.1) is 0 Å². The van der Waals surface area contributed by atoms with Gasteiger partial charge in [-0.05, 0) is 57.2 Å². The second-order valence-corrected chi connectivity index (χ2v) is 8.12. The summed E-state index contributed by atoms with van der Waals surface area (Å²) < 4.78 is 16.9. The van der Waals surface area contributed by atoms with Crippen LogP contribution in [0.4, 0.5) is 0 Å². The van der Waals surface area contributed by atoms with Crippen molar-refractivity contribution in [1.29, 1.82) is 0 Å². The Bertz CT molecular complexity index is 881. The van der Waals surface area contributed by atoms with Crippen LogP contribution in [0.5, 0.6) is 5.75 Å². The summed E-state index contributed by atoms with van der Waals surface area (Å²) in [6.07, 6.45) is 3.90. The predicted octanol–water partition coefficient (Wildman–Crippen LogP) is 3.99. The van der Waals surface area contributed by atoms with Crippen molar-refractivity contribution in [2.75, 3.05) is 19.8 Å². The number of hydrogen-bond donors (Lipinski definition) is 0. The molecule has 0 amide bonds. The summed E-state index contributed by atoms with van der Waals surface area (Å²) in [5.74, 6) is -0.557. The Hall–Kier alpha value is -2.47. The van der Waals surface area contributed by atoms with E-state index in [1.165, 1.54) is 0 Å². The Morgan fingerprint density at radius 2 is 2.13 bits per heavy atom. The molecule has 2 aliphatic heterocycles. The molecule has 3 aliphatic rings. The summed E-state index contributed by atoms with van der Waals surface area (Å²) in [6, 6.07) is 7.68. The number of allylic oxidation sites excluding steroid dienone is 2. The predicted molar refractivity (Wildman–Crippen MR) is 113 cm³/mol. The summed E-state index contributed by atoms with van der Waals surface area (Å²) in [5, 5.41) is 0. The fourth-order valence-corrected chi connectivity index (χ4v) is 4.68. The summed E-state index contributed by atoms with van der Waals surface area (Å²) in [7, 11) is 0. The van der Waals surface area contributed by atoms with Crippen LogP contribution in [-0.2, 0) is 19.1 Å². The normalized spacial score (nSPS) is 26.3. The van der Waals surface area contributed by atoms with Gasteiger partial charge in [0.25, 0.3) is 0 Å². The molecule has 6 nitrogen and oxygen atoms in total. The first-order valence-corrected chi connectivity index (χ1v) is 10.9. The van der Waals surface area contributed by atoms with Crippen LogP contribution in [-0.4, -0.2) is 43.4 Å². The van der Waals surface area contributed by atoms with E-state index in [-0.39, 0.29) is 24.5 Å². The van der Waals surface area contributed by atoms with Crippen LogP contribution in [0.3, 0.4) is 0 Å². The number of Topliss-reactive ketones (excluding diaryl/α,β-unsaturated/α-hetero) is 1. The lowest BCUT2D eigenvalue weighted by atomic mass is 9.71. The second-order valence-electron chi connectivity index (χ2n) is 8.12. The Balaban J connectivity index is 1.68. The highest BCUT2D eigenvalue weighted by Crippen LogP contribution is 2.44. The zero-order chi connectivity index (χ0) is 21.1. The number of aliphatic imine (C=N–C) groups is 1. The Kier molecular flexibility index (Phi) is 6.32. The minimum Gasteiger partial charge on any atom is -0.494 e. The van der Waals surface area contributed by atoms with E-state index in [2.05, 4.69) is 4.99 Å². The molecule has 2 heterocycles. The number of carbonyl (C=O) groups excluding carboxylic acids is 2. The van der Waals surface area contributed by atoms with Crippen molar-refractivity contribution in [2.24, 2.45) is 10.9 Å². The van der Waals surface area contributed by atoms with E-state index < -0.39 is 11.8 Å². The third-order valence-corrected chi connectivity index (χ3v) is 6.05. The highest BCUT2D eigenvalue weighted by molar-refractivity contribution is 6.08. The molecule has 0 unspecified atom stereocenters. The molecule has 1 aromatic carbocycles. The summed E-state index contributed by atoms with van der Waals surface area (Å²) in [5.41, 5.74) is 3.07. The van der Waals surface area contributed by atoms with Gasteiger partial charge in [0.1, 0.15) is 18.3 Å². The van der Waals surface area contributed by atoms with Gasteiger partial charge in [0.2, 0.25) is 0 Å². The lowest BCUT2D eigenvalue weighted by Crippen LogP contribution is -2.38. The molecule has 1 saturated heterocycles. The molecule has 0 radical (unpaired) electrons. The van der Waals surface area contributed by atoms with Crippen LogP contribution in [0.15, 0.2) is 40.5 Å². The maximum absolute atomic E-state index is 13.2. The zero-order valence-electron chi connectivity index (χ0n) is 17.7. The van der Waals surface area contributed by atoms with Gasteiger partial charge in [-0.2, -0.15) is 0 Å². The molecule has 0 aromatic heterocycles. The van der Waals surface area contributed by atoms with E-state index in [1.54, 1.807) is 0 Å². The van der Waals surface area contributed by atoms with Gasteiger partial charge in [0.05, 0.1) is 12.7 Å². The standard InChI is InChI=1S/C24H29NO5/c1-3-28-17-8-4-7-16(13-17)22-21(24(27)30-14-18-9-6-12-29-18)15(2)25-19-10-5-11-20(26)23(19)22/h4,7-8,13,18,21-22H,3,5-6,9-12,14H2,1-2H3/t18-,21+,22-/m0/s1. The third-order valence-electron chi connectivity index (χ3n) is 6.05. The monoisotopic (exact) mass is 411 g/mol. The molecular weight excluding hydrogens is 382 g/mol. The molecule has 1 fully saturated rings. The fourth-order valence-electron chi connectivity index (χ4n) is 4.68. The van der Waals surface area contributed by atoms with Crippen molar-refractivity contribution in [2.45, 2.75) is 58.0 Å². The minimum absolute atomic E-state index is 0.0411. The van der Waals surface area contributed by atoms with Crippen LogP contribution in [0, 0.1) is 5.92 Å². The largest absolute Gasteiger partial charge is 0.494 e. The van der Waals surface area contributed by atoms with Gasteiger partial charge in [0, 0.05) is 35.9 Å². The minimum atomic E-state index is -0.621. The SMILES string of the molecule is CCOc1cccc([C@@H]2C3=C(CCCC3=O)N=C(C)[C@H]2C(=O)OC[C@@H]2CCCO2)c1. The molecule has 0 bridgehead atoms. The summed E-state index contributed by atoms with van der Waals surface area (Å²) in [4.78, 5) is 30.8. The van der Waals surface area contributed by atoms with Crippen LogP contribution in [0.25, 0.3) is 0 Å². The van der Waals surface area contributed by atoms with E-state index in [9.17, 15) is 9.59 Å². The van der Waals surface area contributed by atoms with Crippen LogP contribution < -0.4 is 4.74 Å². The molecule has 0 spiro atoms. The van der Waals surface area contributed by atoms with Crippen LogP contribution in [0.1, 0.15) is 57.4 Å². The van der Waals surface area contributed by atoms with E-state index in [1.807, 2.05) is 38.1 Å². The fraction of sp³-hybridized carbons (Fsp3) is 0.542. The van der Waals surface area contributed by atoms with Crippen molar-refractivity contribution in [3.63, 3.8) is 0 Å². The summed E-state index contributed by atoms with van der Waals surface area (Å²) >= 11 is 0. The van der Waals surface area contributed by atoms with Crippen LogP contribution in [0.2, 0.25) is 0 Å². The highest BCUT2D eigenvalue weighted by Gasteiger charge is 2.43. The Labute approximate surface area is 177 Å². The van der Waals surface area contributed by atoms with Gasteiger partial charge in [-0.3, -0.25) is 14.6 Å². The molecular formula is C24H29NO5. The van der Waals surface area contributed by atoms with Crippen LogP contribution >= 0.6 is 0 Å². The van der Waals surface area contributed by atoms with Crippen molar-refractivity contribution in [1.82, 2.24) is 0 Å². The number of esters is 1. The van der Waals surface area contributed by atoms with Crippen molar-refractivity contribution >= 4 is 17.5 Å². The lowest BCUT2D eigenvalue weighted by molar-refractivity contribution is -0.149. The van der Waals surface area contributed by atoms with E-state index in [0.29, 0.717) is 30.9 Å². The molecule has 1 aliphatic carbocycles. The lowest BCUT2D eigenvalue weighted by Gasteiger charge is -2.34. The molecule has 0 saturated carbocycles. The van der Waals surface area contributed by atoms with E-state index in [4.69, 9.17) is 14.2 Å². The van der Waals surface area contributed by atoms with Gasteiger partial charge >= 0.3 is 5.97 Å². The quantitative estimate of drug-likeness (QED) is 0.662. The van der Waals surface area contributed by atoms with E-state index in [0.717, 1.165) is 42.7 Å². The van der Waals surface area contributed by atoms with Crippen molar-refractivity contribution in [3.8, 4) is 5.75 Å². The molecule has 4 rings (SSSR count). The number of carbonyl (C=O) groups is 2. The summed E-state index contributed by atoms with van der Waals surface area (Å²) in [6.45, 7) is 5.30. The molecule has 0 N–H and O–H groups in total. The number of benzene rings is 1. The first-order chi connectivity index (χ1) is 14.6. The first-order valence-electron chi connectivity index (χ1n) is 10.9. The van der Waals surface area contributed by atoms with Gasteiger partial charge < -0.3 is 14.2 Å². The molecule has 6 heteroatoms. The Morgan fingerprint density at radius 3 is 2.90 bits per heavy atom. The second kappa shape index (κ2) is 9.13. The van der Waals surface area contributed by atoms with E-state index >= 15 is 0 Å². The van der Waals surface area contributed by atoms with Gasteiger partial charge in [-0.1, -0.05) is 12.1 Å². The molecule has 30 heavy (non-hydrogen) atoms. The smallest absolute Gasteiger partial charge is 0.315 e. The van der Waals surface area contributed by atoms with Crippen molar-refractivity contribution in [3.05, 3.63) is 41.1 Å². The maximum atomic E-state index is 13.2. The number of rotatable bonds is 6. The first kappa shape index (κ1) is 20.8. The highest BCUT2D eigenvalue weighted by atomic mass is 16.6. The molecule has 1 aromatic rings. The number of ketones is 1. The number of ether oxygens (including phenoxy) is 3. The van der Waals surface area contributed by atoms with Gasteiger partial charge in [-0.25, -0.2) is 0 Å². The average Bonchev–Trinajstić information content (AvgIpc) is 3.25. The average molecular weight is 411 g/mol. The Morgan fingerprint density at radius 1 is 1.27 bits per heavy atom. The number of nitrogens with zero attached hydrogens (tertiary/aromatic N) is 1. The number of hydrogen-bond acceptors (Lipinski definition) is 6.